The molecule has 1 unspecified atom stereocenters. The van der Waals surface area contributed by atoms with E-state index in [0.29, 0.717) is 22.0 Å². The van der Waals surface area contributed by atoms with E-state index in [-0.39, 0.29) is 5.75 Å². The Labute approximate surface area is 146 Å². The summed E-state index contributed by atoms with van der Waals surface area (Å²) in [6.45, 7) is 1.36. The highest BCUT2D eigenvalue weighted by Crippen LogP contribution is 2.21. The number of hydrogen-bond donors (Lipinski definition) is 1. The number of anilines is 1. The van der Waals surface area contributed by atoms with Crippen LogP contribution in [0.25, 0.3) is 0 Å². The topological polar surface area (TPSA) is 72.5 Å². The molecule has 0 heterocycles. The van der Waals surface area contributed by atoms with E-state index in [1.165, 1.54) is 14.0 Å². The molecule has 0 aliphatic carbocycles. The summed E-state index contributed by atoms with van der Waals surface area (Å²) in [6, 6.07) is 13.4. The Morgan fingerprint density at radius 3 is 2.58 bits per heavy atom. The van der Waals surface area contributed by atoms with Crippen molar-refractivity contribution < 1.29 is 17.9 Å². The largest absolute Gasteiger partial charge is 0.497 e. The molecule has 128 valence electrons. The van der Waals surface area contributed by atoms with Gasteiger partial charge in [-0.1, -0.05) is 35.9 Å². The summed E-state index contributed by atoms with van der Waals surface area (Å²) in [7, 11) is -2.19. The van der Waals surface area contributed by atoms with Crippen molar-refractivity contribution in [3.05, 3.63) is 59.1 Å². The quantitative estimate of drug-likeness (QED) is 0.850. The van der Waals surface area contributed by atoms with Gasteiger partial charge in [-0.15, -0.1) is 0 Å². The Bertz CT molecular complexity index is 836. The number of amides is 1. The lowest BCUT2D eigenvalue weighted by molar-refractivity contribution is -0.115. The van der Waals surface area contributed by atoms with Crippen molar-refractivity contribution in [1.29, 1.82) is 0 Å². The van der Waals surface area contributed by atoms with Crippen molar-refractivity contribution in [2.24, 2.45) is 0 Å². The number of nitrogens with one attached hydrogen (secondary N) is 1. The van der Waals surface area contributed by atoms with Gasteiger partial charge in [-0.05, 0) is 30.7 Å². The van der Waals surface area contributed by atoms with Crippen LogP contribution in [0.5, 0.6) is 5.75 Å². The summed E-state index contributed by atoms with van der Waals surface area (Å²) in [5, 5.41) is 1.75. The second-order valence-corrected chi connectivity index (χ2v) is 7.99. The number of benzene rings is 2. The Kier molecular flexibility index (Phi) is 5.85. The second-order valence-electron chi connectivity index (χ2n) is 5.26. The SMILES string of the molecule is COc1cccc(NC(=O)C(C)S(=O)(=O)Cc2ccccc2Cl)c1. The molecule has 0 aliphatic heterocycles. The van der Waals surface area contributed by atoms with Crippen LogP contribution in [-0.2, 0) is 20.4 Å². The monoisotopic (exact) mass is 367 g/mol. The first-order valence-electron chi connectivity index (χ1n) is 7.23. The number of methoxy groups -OCH3 is 1. The molecule has 0 radical (unpaired) electrons. The van der Waals surface area contributed by atoms with Crippen LogP contribution in [0.1, 0.15) is 12.5 Å². The van der Waals surface area contributed by atoms with Crippen molar-refractivity contribution in [3.63, 3.8) is 0 Å². The first kappa shape index (κ1) is 18.3. The van der Waals surface area contributed by atoms with E-state index in [1.54, 1.807) is 48.5 Å². The van der Waals surface area contributed by atoms with Gasteiger partial charge in [0.25, 0.3) is 0 Å². The molecule has 24 heavy (non-hydrogen) atoms. The summed E-state index contributed by atoms with van der Waals surface area (Å²) in [4.78, 5) is 12.3. The van der Waals surface area contributed by atoms with Crippen LogP contribution in [0.2, 0.25) is 5.02 Å². The number of hydrogen-bond acceptors (Lipinski definition) is 4. The number of carbonyl (C=O) groups is 1. The third-order valence-corrected chi connectivity index (χ3v) is 5.93. The van der Waals surface area contributed by atoms with Gasteiger partial charge in [0.15, 0.2) is 9.84 Å². The van der Waals surface area contributed by atoms with Gasteiger partial charge in [-0.25, -0.2) is 8.42 Å². The lowest BCUT2D eigenvalue weighted by Gasteiger charge is -2.14. The van der Waals surface area contributed by atoms with Crippen molar-refractivity contribution >= 4 is 33.0 Å². The second kappa shape index (κ2) is 7.68. The molecule has 2 aromatic rings. The van der Waals surface area contributed by atoms with Gasteiger partial charge in [0.2, 0.25) is 5.91 Å². The highest BCUT2D eigenvalue weighted by molar-refractivity contribution is 7.92. The molecule has 0 saturated heterocycles. The lowest BCUT2D eigenvalue weighted by Crippen LogP contribution is -2.33. The van der Waals surface area contributed by atoms with Gasteiger partial charge in [0.05, 0.1) is 12.9 Å². The lowest BCUT2D eigenvalue weighted by atomic mass is 10.2. The minimum atomic E-state index is -3.70. The van der Waals surface area contributed by atoms with Crippen LogP contribution in [0, 0.1) is 0 Å². The van der Waals surface area contributed by atoms with Gasteiger partial charge in [-0.3, -0.25) is 4.79 Å². The normalized spacial score (nSPS) is 12.5. The van der Waals surface area contributed by atoms with Crippen LogP contribution < -0.4 is 10.1 Å². The summed E-state index contributed by atoms with van der Waals surface area (Å²) in [6.07, 6.45) is 0. The van der Waals surface area contributed by atoms with E-state index < -0.39 is 21.0 Å². The third kappa shape index (κ3) is 4.49. The van der Waals surface area contributed by atoms with Crippen molar-refractivity contribution in [2.45, 2.75) is 17.9 Å². The van der Waals surface area contributed by atoms with E-state index in [9.17, 15) is 13.2 Å². The summed E-state index contributed by atoms with van der Waals surface area (Å²) in [5.41, 5.74) is 0.944. The van der Waals surface area contributed by atoms with E-state index >= 15 is 0 Å². The van der Waals surface area contributed by atoms with E-state index in [1.807, 2.05) is 0 Å². The number of ether oxygens (including phenoxy) is 1. The number of halogens is 1. The number of rotatable bonds is 6. The molecule has 0 fully saturated rings. The van der Waals surface area contributed by atoms with Gasteiger partial charge < -0.3 is 10.1 Å². The first-order valence-corrected chi connectivity index (χ1v) is 9.32. The van der Waals surface area contributed by atoms with E-state index in [2.05, 4.69) is 5.32 Å². The Morgan fingerprint density at radius 2 is 1.92 bits per heavy atom. The zero-order valence-electron chi connectivity index (χ0n) is 13.3. The fraction of sp³-hybridized carbons (Fsp3) is 0.235. The molecule has 0 aromatic heterocycles. The van der Waals surface area contributed by atoms with Crippen molar-refractivity contribution in [2.75, 3.05) is 12.4 Å². The zero-order valence-corrected chi connectivity index (χ0v) is 14.9. The van der Waals surface area contributed by atoms with E-state index in [4.69, 9.17) is 16.3 Å². The predicted octanol–water partition coefficient (Wildman–Crippen LogP) is 3.29. The van der Waals surface area contributed by atoms with Gasteiger partial charge in [-0.2, -0.15) is 0 Å². The molecule has 0 aliphatic rings. The maximum Gasteiger partial charge on any atom is 0.242 e. The molecular formula is C17H18ClNO4S. The van der Waals surface area contributed by atoms with Gasteiger partial charge in [0.1, 0.15) is 11.0 Å². The Morgan fingerprint density at radius 1 is 1.21 bits per heavy atom. The average molecular weight is 368 g/mol. The number of sulfone groups is 1. The minimum Gasteiger partial charge on any atom is -0.497 e. The van der Waals surface area contributed by atoms with Crippen LogP contribution in [0.15, 0.2) is 48.5 Å². The van der Waals surface area contributed by atoms with Crippen LogP contribution in [0.4, 0.5) is 5.69 Å². The molecule has 2 aromatic carbocycles. The zero-order chi connectivity index (χ0) is 17.7. The van der Waals surface area contributed by atoms with Gasteiger partial charge in [0, 0.05) is 16.8 Å². The minimum absolute atomic E-state index is 0.292. The standard InChI is InChI=1S/C17H18ClNO4S/c1-12(17(20)19-14-7-5-8-15(10-14)23-2)24(21,22)11-13-6-3-4-9-16(13)18/h3-10,12H,11H2,1-2H3,(H,19,20). The molecule has 0 saturated carbocycles. The highest BCUT2D eigenvalue weighted by atomic mass is 35.5. The van der Waals surface area contributed by atoms with Crippen molar-refractivity contribution in [1.82, 2.24) is 0 Å². The number of carbonyl (C=O) groups excluding carboxylic acids is 1. The Hall–Kier alpha value is -2.05. The smallest absolute Gasteiger partial charge is 0.242 e. The molecule has 0 bridgehead atoms. The average Bonchev–Trinajstić information content (AvgIpc) is 2.56. The molecule has 5 nitrogen and oxygen atoms in total. The summed E-state index contributed by atoms with van der Waals surface area (Å²) in [5.74, 6) is -0.325. The molecule has 1 N–H and O–H groups in total. The molecule has 1 atom stereocenters. The fourth-order valence-electron chi connectivity index (χ4n) is 2.06. The van der Waals surface area contributed by atoms with Gasteiger partial charge >= 0.3 is 0 Å². The van der Waals surface area contributed by atoms with Crippen LogP contribution in [0.3, 0.4) is 0 Å². The molecular weight excluding hydrogens is 350 g/mol. The van der Waals surface area contributed by atoms with Crippen LogP contribution >= 0.6 is 11.6 Å². The maximum atomic E-state index is 12.5. The third-order valence-electron chi connectivity index (χ3n) is 3.56. The molecule has 7 heteroatoms. The fourth-order valence-corrected chi connectivity index (χ4v) is 3.67. The molecule has 0 spiro atoms. The van der Waals surface area contributed by atoms with Crippen LogP contribution in [-0.4, -0.2) is 26.7 Å². The summed E-state index contributed by atoms with van der Waals surface area (Å²) >= 11 is 6.00. The van der Waals surface area contributed by atoms with E-state index in [0.717, 1.165) is 0 Å². The predicted molar refractivity (Wildman–Crippen MR) is 95.2 cm³/mol. The summed E-state index contributed by atoms with van der Waals surface area (Å²) < 4.78 is 30.0. The highest BCUT2D eigenvalue weighted by Gasteiger charge is 2.28. The molecule has 1 amide bonds. The molecule has 2 rings (SSSR count). The Balaban J connectivity index is 2.12. The van der Waals surface area contributed by atoms with Crippen molar-refractivity contribution in [3.8, 4) is 5.75 Å². The maximum absolute atomic E-state index is 12.5. The first-order chi connectivity index (χ1) is 11.3.